The second-order valence-electron chi connectivity index (χ2n) is 6.72. The monoisotopic (exact) mass is 447 g/mol. The molecule has 0 radical (unpaired) electrons. The maximum atomic E-state index is 12.4. The number of carbonyl (C=O) groups is 3. The van der Waals surface area contributed by atoms with Crippen molar-refractivity contribution in [1.29, 1.82) is 0 Å². The highest BCUT2D eigenvalue weighted by molar-refractivity contribution is 7.81. The van der Waals surface area contributed by atoms with Crippen LogP contribution in [-0.2, 0) is 14.3 Å². The summed E-state index contributed by atoms with van der Waals surface area (Å²) in [4.78, 5) is 35.9. The van der Waals surface area contributed by atoms with Gasteiger partial charge < -0.3 is 19.3 Å². The van der Waals surface area contributed by atoms with E-state index in [9.17, 15) is 19.5 Å². The summed E-state index contributed by atoms with van der Waals surface area (Å²) in [7, 11) is 1.42. The lowest BCUT2D eigenvalue weighted by molar-refractivity contribution is -0.141. The van der Waals surface area contributed by atoms with Gasteiger partial charge >= 0.3 is 12.1 Å². The van der Waals surface area contributed by atoms with Gasteiger partial charge in [0.25, 0.3) is 5.91 Å². The second-order valence-corrected chi connectivity index (χ2v) is 7.04. The average Bonchev–Trinajstić information content (AvgIpc) is 2.77. The number of aromatic hydroxyl groups is 1. The first-order chi connectivity index (χ1) is 14.8. The fourth-order valence-electron chi connectivity index (χ4n) is 2.85. The van der Waals surface area contributed by atoms with Crippen molar-refractivity contribution in [2.75, 3.05) is 19.5 Å². The molecule has 31 heavy (non-hydrogen) atoms. The fourth-order valence-corrected chi connectivity index (χ4v) is 2.94. The molecule has 8 nitrogen and oxygen atoms in total. The third kappa shape index (κ3) is 7.21. The Kier molecular flexibility index (Phi) is 9.20. The predicted molar refractivity (Wildman–Crippen MR) is 116 cm³/mol. The summed E-state index contributed by atoms with van der Waals surface area (Å²) in [5.74, 6) is -1.26. The van der Waals surface area contributed by atoms with Gasteiger partial charge in [0.1, 0.15) is 6.10 Å². The molecule has 0 heterocycles. The summed E-state index contributed by atoms with van der Waals surface area (Å²) in [5.41, 5.74) is 0.804. The molecule has 2 atom stereocenters. The Bertz CT molecular complexity index is 904. The van der Waals surface area contributed by atoms with Crippen LogP contribution in [0, 0.1) is 5.92 Å². The van der Waals surface area contributed by atoms with Gasteiger partial charge in [-0.05, 0) is 36.2 Å². The van der Waals surface area contributed by atoms with Crippen LogP contribution in [0.5, 0.6) is 11.5 Å². The molecule has 2 rings (SSSR count). The third-order valence-corrected chi connectivity index (χ3v) is 4.76. The van der Waals surface area contributed by atoms with Gasteiger partial charge in [-0.2, -0.15) is 12.6 Å². The number of phenolic OH excluding ortho intramolecular Hbond substituents is 1. The van der Waals surface area contributed by atoms with Crippen LogP contribution in [0.2, 0.25) is 0 Å². The molecular weight excluding hydrogens is 422 g/mol. The van der Waals surface area contributed by atoms with Gasteiger partial charge in [0.05, 0.1) is 19.5 Å². The summed E-state index contributed by atoms with van der Waals surface area (Å²) < 4.78 is 15.6. The van der Waals surface area contributed by atoms with E-state index in [4.69, 9.17) is 14.2 Å². The largest absolute Gasteiger partial charge is 0.504 e. The summed E-state index contributed by atoms with van der Waals surface area (Å²) in [6.45, 7) is 1.90. The van der Waals surface area contributed by atoms with Crippen molar-refractivity contribution < 1.29 is 33.7 Å². The van der Waals surface area contributed by atoms with Crippen LogP contribution in [0.1, 0.15) is 35.4 Å². The van der Waals surface area contributed by atoms with Crippen LogP contribution in [0.15, 0.2) is 48.5 Å². The molecule has 2 aromatic carbocycles. The van der Waals surface area contributed by atoms with Gasteiger partial charge in [-0.3, -0.25) is 14.9 Å². The molecule has 0 fully saturated rings. The maximum absolute atomic E-state index is 12.4. The number of thiol groups is 1. The highest BCUT2D eigenvalue weighted by atomic mass is 32.1. The minimum Gasteiger partial charge on any atom is -0.504 e. The van der Waals surface area contributed by atoms with Gasteiger partial charge in [0, 0.05) is 11.5 Å². The van der Waals surface area contributed by atoms with Gasteiger partial charge in [-0.15, -0.1) is 0 Å². The quantitative estimate of drug-likeness (QED) is 0.398. The Morgan fingerprint density at radius 3 is 2.45 bits per heavy atom. The lowest BCUT2D eigenvalue weighted by Crippen LogP contribution is -2.33. The number of hydrogen-bond donors (Lipinski definition) is 3. The summed E-state index contributed by atoms with van der Waals surface area (Å²) in [6, 6.07) is 12.9. The van der Waals surface area contributed by atoms with E-state index in [2.05, 4.69) is 17.9 Å². The minimum atomic E-state index is -0.937. The van der Waals surface area contributed by atoms with Gasteiger partial charge in [0.15, 0.2) is 11.5 Å². The summed E-state index contributed by atoms with van der Waals surface area (Å²) in [5, 5.41) is 12.3. The van der Waals surface area contributed by atoms with E-state index >= 15 is 0 Å². The summed E-state index contributed by atoms with van der Waals surface area (Å²) in [6.07, 6.45) is -1.39. The van der Waals surface area contributed by atoms with E-state index < -0.39 is 24.1 Å². The van der Waals surface area contributed by atoms with Crippen LogP contribution in [0.25, 0.3) is 0 Å². The SMILES string of the molecule is COc1ccc([C@@H](OC(=O)NC(=O)c2ccccc2)[C@@H](C)CCOC(=O)CS)cc1O. The molecule has 2 amide bonds. The van der Waals surface area contributed by atoms with Gasteiger partial charge in [0.2, 0.25) is 0 Å². The maximum Gasteiger partial charge on any atom is 0.414 e. The molecule has 2 aromatic rings. The fraction of sp³-hybridized carbons (Fsp3) is 0.318. The van der Waals surface area contributed by atoms with Gasteiger partial charge in [-0.1, -0.05) is 31.2 Å². The normalized spacial score (nSPS) is 12.4. The van der Waals surface area contributed by atoms with Crippen molar-refractivity contribution in [3.63, 3.8) is 0 Å². The number of carbonyl (C=O) groups excluding carboxylic acids is 3. The molecule has 0 aliphatic heterocycles. The molecule has 166 valence electrons. The Balaban J connectivity index is 2.14. The zero-order chi connectivity index (χ0) is 22.8. The number of rotatable bonds is 9. The van der Waals surface area contributed by atoms with Crippen LogP contribution in [0.4, 0.5) is 4.79 Å². The number of alkyl carbamates (subject to hydrolysis) is 1. The van der Waals surface area contributed by atoms with E-state index in [1.54, 1.807) is 49.4 Å². The van der Waals surface area contributed by atoms with E-state index in [1.165, 1.54) is 13.2 Å². The second kappa shape index (κ2) is 11.8. The predicted octanol–water partition coefficient (Wildman–Crippen LogP) is 3.51. The highest BCUT2D eigenvalue weighted by Gasteiger charge is 2.26. The average molecular weight is 448 g/mol. The van der Waals surface area contributed by atoms with E-state index in [1.807, 2.05) is 0 Å². The molecule has 0 aliphatic carbocycles. The Morgan fingerprint density at radius 1 is 1.13 bits per heavy atom. The molecule has 0 spiro atoms. The van der Waals surface area contributed by atoms with E-state index in [0.717, 1.165) is 0 Å². The number of amides is 2. The van der Waals surface area contributed by atoms with Crippen LogP contribution in [-0.4, -0.2) is 42.5 Å². The minimum absolute atomic E-state index is 0.0370. The van der Waals surface area contributed by atoms with Crippen molar-refractivity contribution in [1.82, 2.24) is 5.32 Å². The number of phenols is 1. The lowest BCUT2D eigenvalue weighted by atomic mass is 9.94. The molecule has 0 aromatic heterocycles. The highest BCUT2D eigenvalue weighted by Crippen LogP contribution is 2.34. The smallest absolute Gasteiger partial charge is 0.414 e. The molecular formula is C22H25NO7S. The number of esters is 1. The van der Waals surface area contributed by atoms with Crippen LogP contribution >= 0.6 is 12.6 Å². The van der Waals surface area contributed by atoms with Gasteiger partial charge in [-0.25, -0.2) is 4.79 Å². The van der Waals surface area contributed by atoms with Crippen molar-refractivity contribution in [3.05, 3.63) is 59.7 Å². The first-order valence-corrected chi connectivity index (χ1v) is 10.2. The van der Waals surface area contributed by atoms with Crippen molar-refractivity contribution in [2.45, 2.75) is 19.4 Å². The number of hydrogen-bond acceptors (Lipinski definition) is 8. The summed E-state index contributed by atoms with van der Waals surface area (Å²) >= 11 is 3.85. The standard InChI is InChI=1S/C22H25NO7S/c1-14(10-11-29-19(25)13-31)20(16-8-9-18(28-2)17(24)12-16)30-22(27)23-21(26)15-6-4-3-5-7-15/h3-9,12,14,20,24,31H,10-11,13H2,1-2H3,(H,23,26,27)/t14-,20-/m0/s1. The van der Waals surface area contributed by atoms with E-state index in [-0.39, 0.29) is 29.8 Å². The molecule has 9 heteroatoms. The molecule has 0 unspecified atom stereocenters. The van der Waals surface area contributed by atoms with Crippen molar-refractivity contribution in [3.8, 4) is 11.5 Å². The Morgan fingerprint density at radius 2 is 1.84 bits per heavy atom. The zero-order valence-electron chi connectivity index (χ0n) is 17.2. The number of imide groups is 1. The van der Waals surface area contributed by atoms with Crippen LogP contribution < -0.4 is 10.1 Å². The molecule has 0 bridgehead atoms. The molecule has 0 saturated carbocycles. The first kappa shape index (κ1) is 24.1. The molecule has 2 N–H and O–H groups in total. The van der Waals surface area contributed by atoms with E-state index in [0.29, 0.717) is 17.5 Å². The Labute approximate surface area is 185 Å². The van der Waals surface area contributed by atoms with Crippen molar-refractivity contribution in [2.24, 2.45) is 5.92 Å². The van der Waals surface area contributed by atoms with Crippen molar-refractivity contribution >= 4 is 30.6 Å². The number of methoxy groups -OCH3 is 1. The Hall–Kier alpha value is -3.20. The number of nitrogens with one attached hydrogen (secondary N) is 1. The number of benzene rings is 2. The molecule has 0 aliphatic rings. The third-order valence-electron chi connectivity index (χ3n) is 4.50. The molecule has 0 saturated heterocycles. The van der Waals surface area contributed by atoms with Crippen LogP contribution in [0.3, 0.4) is 0 Å². The zero-order valence-corrected chi connectivity index (χ0v) is 18.1. The first-order valence-electron chi connectivity index (χ1n) is 9.56. The number of ether oxygens (including phenoxy) is 3. The lowest BCUT2D eigenvalue weighted by Gasteiger charge is -2.25. The topological polar surface area (TPSA) is 111 Å².